The third-order valence-electron chi connectivity index (χ3n) is 4.15. The SMILES string of the molecule is CC(C)c1ccc(C2(N)CCCCCC2)cc1. The van der Waals surface area contributed by atoms with Crippen molar-refractivity contribution in [2.75, 3.05) is 0 Å². The van der Waals surface area contributed by atoms with Crippen LogP contribution >= 0.6 is 0 Å². The van der Waals surface area contributed by atoms with Crippen molar-refractivity contribution in [3.8, 4) is 0 Å². The molecule has 94 valence electrons. The van der Waals surface area contributed by atoms with Gasteiger partial charge in [-0.15, -0.1) is 0 Å². The third kappa shape index (κ3) is 2.90. The summed E-state index contributed by atoms with van der Waals surface area (Å²) in [6.45, 7) is 4.47. The van der Waals surface area contributed by atoms with E-state index >= 15 is 0 Å². The van der Waals surface area contributed by atoms with Crippen LogP contribution in [0.1, 0.15) is 69.4 Å². The molecule has 0 atom stereocenters. The molecule has 1 aliphatic rings. The zero-order valence-corrected chi connectivity index (χ0v) is 11.2. The normalized spacial score (nSPS) is 20.2. The van der Waals surface area contributed by atoms with Gasteiger partial charge in [0.1, 0.15) is 0 Å². The molecule has 0 spiro atoms. The van der Waals surface area contributed by atoms with Crippen LogP contribution in [0.15, 0.2) is 24.3 Å². The Kier molecular flexibility index (Phi) is 3.88. The lowest BCUT2D eigenvalue weighted by molar-refractivity contribution is 0.385. The zero-order chi connectivity index (χ0) is 12.3. The third-order valence-corrected chi connectivity index (χ3v) is 4.15. The predicted octanol–water partition coefficient (Wildman–Crippen LogP) is 4.32. The quantitative estimate of drug-likeness (QED) is 0.754. The predicted molar refractivity (Wildman–Crippen MR) is 74.1 cm³/mol. The fourth-order valence-electron chi connectivity index (χ4n) is 2.85. The molecule has 2 N–H and O–H groups in total. The van der Waals surface area contributed by atoms with Gasteiger partial charge in [-0.05, 0) is 29.9 Å². The summed E-state index contributed by atoms with van der Waals surface area (Å²) in [6, 6.07) is 9.00. The van der Waals surface area contributed by atoms with E-state index in [1.54, 1.807) is 0 Å². The van der Waals surface area contributed by atoms with Crippen molar-refractivity contribution in [1.82, 2.24) is 0 Å². The van der Waals surface area contributed by atoms with E-state index in [1.165, 1.54) is 36.8 Å². The van der Waals surface area contributed by atoms with E-state index in [0.717, 1.165) is 12.8 Å². The number of hydrogen-bond donors (Lipinski definition) is 1. The van der Waals surface area contributed by atoms with Gasteiger partial charge in [-0.25, -0.2) is 0 Å². The Morgan fingerprint density at radius 3 is 1.94 bits per heavy atom. The summed E-state index contributed by atoms with van der Waals surface area (Å²) in [5, 5.41) is 0. The zero-order valence-electron chi connectivity index (χ0n) is 11.2. The van der Waals surface area contributed by atoms with Crippen LogP contribution in [-0.4, -0.2) is 0 Å². The first kappa shape index (κ1) is 12.6. The molecule has 1 fully saturated rings. The molecular weight excluding hydrogens is 206 g/mol. The van der Waals surface area contributed by atoms with Crippen molar-refractivity contribution in [2.45, 2.75) is 63.8 Å². The van der Waals surface area contributed by atoms with Gasteiger partial charge in [0.25, 0.3) is 0 Å². The minimum atomic E-state index is -0.0635. The smallest absolute Gasteiger partial charge is 0.0409 e. The van der Waals surface area contributed by atoms with Crippen molar-refractivity contribution in [3.63, 3.8) is 0 Å². The van der Waals surface area contributed by atoms with Gasteiger partial charge in [0, 0.05) is 5.54 Å². The number of hydrogen-bond acceptors (Lipinski definition) is 1. The Hall–Kier alpha value is -0.820. The van der Waals surface area contributed by atoms with E-state index in [0.29, 0.717) is 5.92 Å². The van der Waals surface area contributed by atoms with Crippen molar-refractivity contribution >= 4 is 0 Å². The molecule has 0 heterocycles. The van der Waals surface area contributed by atoms with Gasteiger partial charge in [0.2, 0.25) is 0 Å². The Morgan fingerprint density at radius 2 is 1.47 bits per heavy atom. The Morgan fingerprint density at radius 1 is 0.941 bits per heavy atom. The Labute approximate surface area is 105 Å². The van der Waals surface area contributed by atoms with E-state index in [2.05, 4.69) is 38.1 Å². The maximum Gasteiger partial charge on any atom is 0.0409 e. The first-order valence-corrected chi connectivity index (χ1v) is 7.01. The minimum absolute atomic E-state index is 0.0635. The lowest BCUT2D eigenvalue weighted by Crippen LogP contribution is -2.35. The molecule has 17 heavy (non-hydrogen) atoms. The van der Waals surface area contributed by atoms with E-state index in [4.69, 9.17) is 5.73 Å². The van der Waals surface area contributed by atoms with Gasteiger partial charge < -0.3 is 5.73 Å². The van der Waals surface area contributed by atoms with Crippen molar-refractivity contribution in [3.05, 3.63) is 35.4 Å². The molecule has 1 saturated carbocycles. The highest BCUT2D eigenvalue weighted by atomic mass is 14.7. The first-order valence-electron chi connectivity index (χ1n) is 7.01. The maximum atomic E-state index is 6.61. The summed E-state index contributed by atoms with van der Waals surface area (Å²) in [6.07, 6.45) is 7.55. The molecule has 0 amide bonds. The van der Waals surface area contributed by atoms with E-state index in [1.807, 2.05) is 0 Å². The average Bonchev–Trinajstić information content (AvgIpc) is 2.55. The van der Waals surface area contributed by atoms with Crippen LogP contribution in [0.2, 0.25) is 0 Å². The summed E-state index contributed by atoms with van der Waals surface area (Å²) in [5.74, 6) is 0.604. The molecule has 0 unspecified atom stereocenters. The summed E-state index contributed by atoms with van der Waals surface area (Å²) in [7, 11) is 0. The first-order chi connectivity index (χ1) is 8.12. The van der Waals surface area contributed by atoms with Gasteiger partial charge in [-0.1, -0.05) is 63.8 Å². The summed E-state index contributed by atoms with van der Waals surface area (Å²) < 4.78 is 0. The second-order valence-electron chi connectivity index (χ2n) is 5.85. The highest BCUT2D eigenvalue weighted by molar-refractivity contribution is 5.30. The van der Waals surface area contributed by atoms with Gasteiger partial charge in [-0.3, -0.25) is 0 Å². The Balaban J connectivity index is 2.19. The maximum absolute atomic E-state index is 6.61. The summed E-state index contributed by atoms with van der Waals surface area (Å²) in [5.41, 5.74) is 9.29. The van der Waals surface area contributed by atoms with Crippen LogP contribution in [0.3, 0.4) is 0 Å². The topological polar surface area (TPSA) is 26.0 Å². The molecule has 1 nitrogen and oxygen atoms in total. The average molecular weight is 231 g/mol. The van der Waals surface area contributed by atoms with E-state index in [9.17, 15) is 0 Å². The molecule has 2 rings (SSSR count). The second-order valence-corrected chi connectivity index (χ2v) is 5.85. The number of nitrogens with two attached hydrogens (primary N) is 1. The largest absolute Gasteiger partial charge is 0.321 e. The molecule has 1 heteroatoms. The molecule has 0 aliphatic heterocycles. The monoisotopic (exact) mass is 231 g/mol. The Bertz CT molecular complexity index is 342. The van der Waals surface area contributed by atoms with E-state index in [-0.39, 0.29) is 5.54 Å². The van der Waals surface area contributed by atoms with Crippen LogP contribution in [-0.2, 0) is 5.54 Å². The molecule has 1 aromatic carbocycles. The fourth-order valence-corrected chi connectivity index (χ4v) is 2.85. The van der Waals surface area contributed by atoms with Crippen LogP contribution in [0, 0.1) is 0 Å². The van der Waals surface area contributed by atoms with Crippen molar-refractivity contribution < 1.29 is 0 Å². The minimum Gasteiger partial charge on any atom is -0.321 e. The van der Waals surface area contributed by atoms with Crippen LogP contribution in [0.5, 0.6) is 0 Å². The molecule has 0 radical (unpaired) electrons. The molecule has 0 bridgehead atoms. The van der Waals surface area contributed by atoms with Crippen molar-refractivity contribution in [2.24, 2.45) is 5.73 Å². The highest BCUT2D eigenvalue weighted by Gasteiger charge is 2.27. The fraction of sp³-hybridized carbons (Fsp3) is 0.625. The molecule has 1 aromatic rings. The van der Waals surface area contributed by atoms with Crippen molar-refractivity contribution in [1.29, 1.82) is 0 Å². The van der Waals surface area contributed by atoms with Crippen LogP contribution in [0.4, 0.5) is 0 Å². The highest BCUT2D eigenvalue weighted by Crippen LogP contribution is 2.34. The van der Waals surface area contributed by atoms with Crippen LogP contribution in [0.25, 0.3) is 0 Å². The molecular formula is C16H25N. The number of benzene rings is 1. The summed E-state index contributed by atoms with van der Waals surface area (Å²) in [4.78, 5) is 0. The second kappa shape index (κ2) is 5.22. The molecule has 1 aliphatic carbocycles. The lowest BCUT2D eigenvalue weighted by Gasteiger charge is -2.29. The number of rotatable bonds is 2. The van der Waals surface area contributed by atoms with Gasteiger partial charge >= 0.3 is 0 Å². The standard InChI is InChI=1S/C16H25N/c1-13(2)14-7-9-15(10-8-14)16(17)11-5-3-4-6-12-16/h7-10,13H,3-6,11-12,17H2,1-2H3. The van der Waals surface area contributed by atoms with Gasteiger partial charge in [0.05, 0.1) is 0 Å². The molecule has 0 aromatic heterocycles. The van der Waals surface area contributed by atoms with Gasteiger partial charge in [-0.2, -0.15) is 0 Å². The van der Waals surface area contributed by atoms with Gasteiger partial charge in [0.15, 0.2) is 0 Å². The molecule has 0 saturated heterocycles. The van der Waals surface area contributed by atoms with Crippen LogP contribution < -0.4 is 5.73 Å². The lowest BCUT2D eigenvalue weighted by atomic mass is 9.83. The van der Waals surface area contributed by atoms with E-state index < -0.39 is 0 Å². The summed E-state index contributed by atoms with van der Waals surface area (Å²) >= 11 is 0.